The van der Waals surface area contributed by atoms with Crippen LogP contribution in [0, 0.1) is 6.07 Å². The van der Waals surface area contributed by atoms with Crippen LogP contribution in [0.5, 0.6) is 0 Å². The Balaban J connectivity index is 2.03. The predicted octanol–water partition coefficient (Wildman–Crippen LogP) is 3.03. The number of hydrogen-bond donors (Lipinski definition) is 0. The van der Waals surface area contributed by atoms with Gasteiger partial charge in [0.15, 0.2) is 0 Å². The van der Waals surface area contributed by atoms with E-state index in [0.717, 1.165) is 0 Å². The van der Waals surface area contributed by atoms with Crippen LogP contribution in [0.3, 0.4) is 0 Å². The average Bonchev–Trinajstić information content (AvgIpc) is 2.30. The molecule has 1 fully saturated rings. The normalized spacial score (nSPS) is 20.6. The molecule has 1 saturated heterocycles. The molecule has 0 aliphatic carbocycles. The molecule has 1 heterocycles. The van der Waals surface area contributed by atoms with Crippen molar-refractivity contribution in [2.24, 2.45) is 0 Å². The van der Waals surface area contributed by atoms with E-state index in [2.05, 4.69) is 30.0 Å². The van der Waals surface area contributed by atoms with Crippen molar-refractivity contribution >= 4 is 0 Å². The molecule has 1 aromatic carbocycles. The summed E-state index contributed by atoms with van der Waals surface area (Å²) in [6.07, 6.45) is 4.14. The first-order valence-electron chi connectivity index (χ1n) is 5.58. The second-order valence-corrected chi connectivity index (χ2v) is 4.11. The molecule has 0 bridgehead atoms. The van der Waals surface area contributed by atoms with Crippen LogP contribution in [0.4, 0.5) is 0 Å². The molecule has 0 saturated carbocycles. The predicted molar refractivity (Wildman–Crippen MR) is 59.1 cm³/mol. The number of benzene rings is 1. The van der Waals surface area contributed by atoms with Crippen molar-refractivity contribution in [1.29, 1.82) is 0 Å². The maximum absolute atomic E-state index is 3.07. The molecule has 1 aromatic rings. The smallest absolute Gasteiger partial charge is 0.0319 e. The van der Waals surface area contributed by atoms with E-state index in [1.54, 1.807) is 0 Å². The van der Waals surface area contributed by atoms with Crippen LogP contribution >= 0.6 is 0 Å². The van der Waals surface area contributed by atoms with E-state index in [-0.39, 0.29) is 0 Å². The number of rotatable bonds is 2. The van der Waals surface area contributed by atoms with Gasteiger partial charge in [-0.25, -0.2) is 0 Å². The Bertz CT molecular complexity index is 262. The van der Waals surface area contributed by atoms with E-state index < -0.39 is 0 Å². The molecule has 75 valence electrons. The largest absolute Gasteiger partial charge is 0.297 e. The third kappa shape index (κ3) is 2.16. The summed E-state index contributed by atoms with van der Waals surface area (Å²) in [7, 11) is 0. The number of likely N-dealkylation sites (tertiary alicyclic amines) is 1. The monoisotopic (exact) mass is 188 g/mol. The molecule has 0 amide bonds. The van der Waals surface area contributed by atoms with Crippen LogP contribution in [0.1, 0.15) is 37.8 Å². The first-order chi connectivity index (χ1) is 6.88. The zero-order chi connectivity index (χ0) is 9.80. The van der Waals surface area contributed by atoms with E-state index in [1.165, 1.54) is 37.9 Å². The van der Waals surface area contributed by atoms with E-state index in [9.17, 15) is 0 Å². The molecule has 1 aliphatic heterocycles. The van der Waals surface area contributed by atoms with Crippen LogP contribution in [0.2, 0.25) is 0 Å². The third-order valence-electron chi connectivity index (χ3n) is 3.16. The van der Waals surface area contributed by atoms with Gasteiger partial charge in [-0.05, 0) is 44.5 Å². The van der Waals surface area contributed by atoms with Crippen LogP contribution in [-0.2, 0) is 0 Å². The Labute approximate surface area is 86.7 Å². The molecular weight excluding hydrogens is 170 g/mol. The summed E-state index contributed by atoms with van der Waals surface area (Å²) in [5, 5.41) is 0. The Kier molecular flexibility index (Phi) is 3.20. The summed E-state index contributed by atoms with van der Waals surface area (Å²) in [5.41, 5.74) is 1.42. The molecule has 1 heteroatoms. The second kappa shape index (κ2) is 4.61. The summed E-state index contributed by atoms with van der Waals surface area (Å²) < 4.78 is 0. The lowest BCUT2D eigenvalue weighted by molar-refractivity contribution is 0.175. The van der Waals surface area contributed by atoms with E-state index >= 15 is 0 Å². The second-order valence-electron chi connectivity index (χ2n) is 4.11. The van der Waals surface area contributed by atoms with Gasteiger partial charge in [0.25, 0.3) is 0 Å². The van der Waals surface area contributed by atoms with Crippen LogP contribution in [0.25, 0.3) is 0 Å². The molecule has 2 rings (SSSR count). The standard InChI is InChI=1S/C13H18N/c1-12(13-8-4-2-5-9-13)14-10-6-3-7-11-14/h4-5,8-9,12H,3,6-7,10-11H2,1H3. The highest BCUT2D eigenvalue weighted by Gasteiger charge is 2.17. The molecular formula is C13H18N. The molecule has 0 N–H and O–H groups in total. The topological polar surface area (TPSA) is 3.24 Å². The Morgan fingerprint density at radius 3 is 2.43 bits per heavy atom. The fourth-order valence-electron chi connectivity index (χ4n) is 2.19. The van der Waals surface area contributed by atoms with Crippen molar-refractivity contribution in [3.05, 3.63) is 35.9 Å². The third-order valence-corrected chi connectivity index (χ3v) is 3.16. The van der Waals surface area contributed by atoms with Gasteiger partial charge in [-0.15, -0.1) is 0 Å². The Morgan fingerprint density at radius 1 is 1.14 bits per heavy atom. The van der Waals surface area contributed by atoms with Gasteiger partial charge in [0.05, 0.1) is 0 Å². The van der Waals surface area contributed by atoms with Crippen molar-refractivity contribution in [2.45, 2.75) is 32.2 Å². The van der Waals surface area contributed by atoms with E-state index in [0.29, 0.717) is 6.04 Å². The molecule has 0 aromatic heterocycles. The van der Waals surface area contributed by atoms with Gasteiger partial charge in [0.1, 0.15) is 0 Å². The summed E-state index contributed by atoms with van der Waals surface area (Å²) in [6, 6.07) is 12.0. The van der Waals surface area contributed by atoms with Gasteiger partial charge in [-0.2, -0.15) is 0 Å². The van der Waals surface area contributed by atoms with Gasteiger partial charge >= 0.3 is 0 Å². The summed E-state index contributed by atoms with van der Waals surface area (Å²) in [5.74, 6) is 0. The molecule has 1 atom stereocenters. The quantitative estimate of drug-likeness (QED) is 0.689. The average molecular weight is 188 g/mol. The molecule has 1 nitrogen and oxygen atoms in total. The summed E-state index contributed by atoms with van der Waals surface area (Å²) in [6.45, 7) is 4.83. The number of nitrogens with zero attached hydrogens (tertiary/aromatic N) is 1. The van der Waals surface area contributed by atoms with Gasteiger partial charge in [-0.3, -0.25) is 4.90 Å². The fraction of sp³-hybridized carbons (Fsp3) is 0.538. The molecule has 1 aliphatic rings. The molecule has 1 unspecified atom stereocenters. The van der Waals surface area contributed by atoms with Crippen molar-refractivity contribution in [3.63, 3.8) is 0 Å². The van der Waals surface area contributed by atoms with Crippen LogP contribution in [-0.4, -0.2) is 18.0 Å². The van der Waals surface area contributed by atoms with Crippen molar-refractivity contribution in [3.8, 4) is 0 Å². The lowest BCUT2D eigenvalue weighted by Gasteiger charge is -2.32. The zero-order valence-electron chi connectivity index (χ0n) is 8.87. The SMILES string of the molecule is CC(c1cc[c]cc1)N1CCCCC1. The Hall–Kier alpha value is -0.820. The minimum absolute atomic E-state index is 0.574. The fourth-order valence-corrected chi connectivity index (χ4v) is 2.19. The highest BCUT2D eigenvalue weighted by molar-refractivity contribution is 5.17. The van der Waals surface area contributed by atoms with Gasteiger partial charge < -0.3 is 0 Å². The molecule has 1 radical (unpaired) electrons. The first-order valence-corrected chi connectivity index (χ1v) is 5.58. The summed E-state index contributed by atoms with van der Waals surface area (Å²) >= 11 is 0. The van der Waals surface area contributed by atoms with Crippen LogP contribution < -0.4 is 0 Å². The number of hydrogen-bond acceptors (Lipinski definition) is 1. The van der Waals surface area contributed by atoms with Gasteiger partial charge in [-0.1, -0.05) is 30.7 Å². The summed E-state index contributed by atoms with van der Waals surface area (Å²) in [4.78, 5) is 2.58. The maximum atomic E-state index is 3.07. The van der Waals surface area contributed by atoms with E-state index in [1.807, 2.05) is 12.1 Å². The maximum Gasteiger partial charge on any atom is 0.0319 e. The van der Waals surface area contributed by atoms with Crippen molar-refractivity contribution in [2.75, 3.05) is 13.1 Å². The highest BCUT2D eigenvalue weighted by atomic mass is 15.2. The van der Waals surface area contributed by atoms with Crippen molar-refractivity contribution in [1.82, 2.24) is 4.90 Å². The lowest BCUT2D eigenvalue weighted by Crippen LogP contribution is -2.32. The highest BCUT2D eigenvalue weighted by Crippen LogP contribution is 2.23. The first kappa shape index (κ1) is 9.72. The lowest BCUT2D eigenvalue weighted by atomic mass is 10.0. The zero-order valence-corrected chi connectivity index (χ0v) is 8.87. The van der Waals surface area contributed by atoms with Crippen LogP contribution in [0.15, 0.2) is 24.3 Å². The number of piperidine rings is 1. The van der Waals surface area contributed by atoms with Gasteiger partial charge in [0, 0.05) is 6.04 Å². The molecule has 14 heavy (non-hydrogen) atoms. The Morgan fingerprint density at radius 2 is 1.79 bits per heavy atom. The minimum atomic E-state index is 0.574. The minimum Gasteiger partial charge on any atom is -0.297 e. The van der Waals surface area contributed by atoms with E-state index in [4.69, 9.17) is 0 Å². The van der Waals surface area contributed by atoms with Crippen molar-refractivity contribution < 1.29 is 0 Å². The van der Waals surface area contributed by atoms with Gasteiger partial charge in [0.2, 0.25) is 0 Å². The molecule has 0 spiro atoms.